The molecule has 0 aromatic heterocycles. The number of hydrogen-bond acceptors (Lipinski definition) is 5. The van der Waals surface area contributed by atoms with Gasteiger partial charge in [-0.15, -0.1) is 0 Å². The van der Waals surface area contributed by atoms with Crippen LogP contribution >= 0.6 is 12.2 Å². The van der Waals surface area contributed by atoms with Crippen molar-refractivity contribution < 1.29 is 14.4 Å². The Balaban J connectivity index is 2.10. The number of nitrogens with one attached hydrogen (secondary N) is 2. The minimum atomic E-state index is -0.592. The Labute approximate surface area is 173 Å². The number of thiocarbonyl (C=S) groups is 1. The van der Waals surface area contributed by atoms with Crippen molar-refractivity contribution in [1.82, 2.24) is 5.43 Å². The third-order valence-corrected chi connectivity index (χ3v) is 3.81. The average molecular weight is 408 g/mol. The Morgan fingerprint density at radius 1 is 1.07 bits per heavy atom. The van der Waals surface area contributed by atoms with Crippen LogP contribution in [0.25, 0.3) is 6.08 Å². The van der Waals surface area contributed by atoms with Crippen LogP contribution in [0.3, 0.4) is 0 Å². The first-order chi connectivity index (χ1) is 13.8. The number of ketones is 2. The molecule has 0 spiro atoms. The number of hydrogen-bond donors (Lipinski definition) is 3. The molecule has 4 N–H and O–H groups in total. The number of anilines is 1. The molecule has 148 valence electrons. The highest BCUT2D eigenvalue weighted by atomic mass is 32.1. The van der Waals surface area contributed by atoms with Crippen LogP contribution in [0.2, 0.25) is 0 Å². The third-order valence-electron chi connectivity index (χ3n) is 3.72. The molecule has 0 heterocycles. The van der Waals surface area contributed by atoms with E-state index in [1.165, 1.54) is 13.0 Å². The van der Waals surface area contributed by atoms with E-state index in [2.05, 4.69) is 15.8 Å². The number of Topliss-reactive ketones (excluding diaryl/α,β-unsaturated/α-hetero) is 1. The number of rotatable bonds is 8. The number of benzene rings is 2. The molecule has 2 aromatic carbocycles. The topological polar surface area (TPSA) is 114 Å². The summed E-state index contributed by atoms with van der Waals surface area (Å²) < 4.78 is 0. The first-order valence-corrected chi connectivity index (χ1v) is 9.06. The maximum absolute atomic E-state index is 12.5. The second-order valence-electron chi connectivity index (χ2n) is 6.01. The van der Waals surface area contributed by atoms with Gasteiger partial charge in [-0.05, 0) is 55.0 Å². The number of amides is 1. The van der Waals surface area contributed by atoms with Crippen molar-refractivity contribution in [3.63, 3.8) is 0 Å². The summed E-state index contributed by atoms with van der Waals surface area (Å²) in [5.41, 5.74) is 9.43. The summed E-state index contributed by atoms with van der Waals surface area (Å²) in [6.07, 6.45) is 2.77. The van der Waals surface area contributed by atoms with Gasteiger partial charge >= 0.3 is 0 Å². The summed E-state index contributed by atoms with van der Waals surface area (Å²) >= 11 is 4.69. The maximum atomic E-state index is 12.5. The first kappa shape index (κ1) is 21.6. The Bertz CT molecular complexity index is 967. The number of nitrogens with two attached hydrogens (primary N) is 1. The second-order valence-corrected chi connectivity index (χ2v) is 6.45. The van der Waals surface area contributed by atoms with Crippen molar-refractivity contribution in [3.8, 4) is 0 Å². The molecule has 1 amide bonds. The first-order valence-electron chi connectivity index (χ1n) is 8.65. The van der Waals surface area contributed by atoms with Crippen LogP contribution in [-0.4, -0.2) is 28.3 Å². The standard InChI is InChI=1S/C21H20N4O3S/c1-14(26)16-8-10-17(11-9-16)23-20(28)19(24-25-21(22)29)13-18(27)12-7-15-5-3-2-4-6-15/h2-12H,13H2,1H3,(H,23,28)(H3,22,25,29)/b12-7+,24-19+. The fourth-order valence-corrected chi connectivity index (χ4v) is 2.31. The van der Waals surface area contributed by atoms with E-state index in [9.17, 15) is 14.4 Å². The van der Waals surface area contributed by atoms with E-state index in [1.807, 2.05) is 30.3 Å². The van der Waals surface area contributed by atoms with Crippen molar-refractivity contribution in [2.45, 2.75) is 13.3 Å². The molecule has 0 radical (unpaired) electrons. The summed E-state index contributed by atoms with van der Waals surface area (Å²) in [4.78, 5) is 36.2. The molecule has 8 heteroatoms. The lowest BCUT2D eigenvalue weighted by atomic mass is 10.1. The Morgan fingerprint density at radius 3 is 2.31 bits per heavy atom. The Hall–Kier alpha value is -3.65. The quantitative estimate of drug-likeness (QED) is 0.203. The second kappa shape index (κ2) is 10.6. The lowest BCUT2D eigenvalue weighted by Gasteiger charge is -2.08. The van der Waals surface area contributed by atoms with E-state index in [4.69, 9.17) is 18.0 Å². The van der Waals surface area contributed by atoms with Crippen molar-refractivity contribution in [2.24, 2.45) is 10.8 Å². The van der Waals surface area contributed by atoms with Crippen molar-refractivity contribution >= 4 is 52.3 Å². The van der Waals surface area contributed by atoms with Gasteiger partial charge in [0, 0.05) is 11.3 Å². The van der Waals surface area contributed by atoms with Gasteiger partial charge < -0.3 is 11.1 Å². The van der Waals surface area contributed by atoms with E-state index in [1.54, 1.807) is 30.3 Å². The molecule has 0 bridgehead atoms. The van der Waals surface area contributed by atoms with Crippen LogP contribution in [0.15, 0.2) is 65.8 Å². The summed E-state index contributed by atoms with van der Waals surface area (Å²) in [5.74, 6) is -0.994. The highest BCUT2D eigenvalue weighted by Gasteiger charge is 2.16. The Kier molecular flexibility index (Phi) is 7.93. The monoisotopic (exact) mass is 408 g/mol. The average Bonchev–Trinajstić information content (AvgIpc) is 2.70. The molecule has 0 saturated heterocycles. The lowest BCUT2D eigenvalue weighted by molar-refractivity contribution is -0.115. The van der Waals surface area contributed by atoms with Crippen LogP contribution in [0.1, 0.15) is 29.3 Å². The molecule has 0 fully saturated rings. The molecule has 29 heavy (non-hydrogen) atoms. The molecule has 0 saturated carbocycles. The number of carbonyl (C=O) groups is 3. The van der Waals surface area contributed by atoms with Gasteiger partial charge in [0.2, 0.25) is 0 Å². The summed E-state index contributed by atoms with van der Waals surface area (Å²) in [6, 6.07) is 15.6. The van der Waals surface area contributed by atoms with Gasteiger partial charge in [0.15, 0.2) is 16.7 Å². The molecular formula is C21H20N4O3S. The Morgan fingerprint density at radius 2 is 1.72 bits per heavy atom. The molecule has 0 aliphatic rings. The van der Waals surface area contributed by atoms with Gasteiger partial charge in [0.1, 0.15) is 5.71 Å². The maximum Gasteiger partial charge on any atom is 0.272 e. The lowest BCUT2D eigenvalue weighted by Crippen LogP contribution is -2.31. The van der Waals surface area contributed by atoms with Crippen molar-refractivity contribution in [3.05, 3.63) is 71.8 Å². The highest BCUT2D eigenvalue weighted by Crippen LogP contribution is 2.11. The zero-order chi connectivity index (χ0) is 21.2. The number of carbonyl (C=O) groups excluding carboxylic acids is 3. The van der Waals surface area contributed by atoms with E-state index in [0.29, 0.717) is 11.3 Å². The summed E-state index contributed by atoms with van der Waals surface area (Å²) in [6.45, 7) is 1.45. The van der Waals surface area contributed by atoms with Gasteiger partial charge in [0.25, 0.3) is 5.91 Å². The van der Waals surface area contributed by atoms with Crippen molar-refractivity contribution in [1.29, 1.82) is 0 Å². The molecule has 7 nitrogen and oxygen atoms in total. The summed E-state index contributed by atoms with van der Waals surface area (Å²) in [7, 11) is 0. The molecule has 0 aliphatic carbocycles. The largest absolute Gasteiger partial charge is 0.375 e. The number of allylic oxidation sites excluding steroid dienone is 1. The smallest absolute Gasteiger partial charge is 0.272 e. The predicted molar refractivity (Wildman–Crippen MR) is 118 cm³/mol. The van der Waals surface area contributed by atoms with Gasteiger partial charge in [-0.25, -0.2) is 0 Å². The minimum absolute atomic E-state index is 0.0819. The molecule has 0 aliphatic heterocycles. The minimum Gasteiger partial charge on any atom is -0.375 e. The zero-order valence-corrected chi connectivity index (χ0v) is 16.5. The number of hydrazone groups is 1. The molecule has 2 rings (SSSR count). The van der Waals surface area contributed by atoms with E-state index >= 15 is 0 Å². The molecule has 0 atom stereocenters. The highest BCUT2D eigenvalue weighted by molar-refractivity contribution is 7.80. The van der Waals surface area contributed by atoms with Crippen LogP contribution in [-0.2, 0) is 9.59 Å². The van der Waals surface area contributed by atoms with Gasteiger partial charge in [-0.1, -0.05) is 36.4 Å². The van der Waals surface area contributed by atoms with E-state index in [0.717, 1.165) is 5.56 Å². The molecule has 0 unspecified atom stereocenters. The van der Waals surface area contributed by atoms with Crippen LogP contribution in [0.4, 0.5) is 5.69 Å². The molecule has 2 aromatic rings. The normalized spacial score (nSPS) is 11.1. The summed E-state index contributed by atoms with van der Waals surface area (Å²) in [5, 5.41) is 6.34. The fraction of sp³-hybridized carbons (Fsp3) is 0.0952. The van der Waals surface area contributed by atoms with Gasteiger partial charge in [0.05, 0.1) is 6.42 Å². The van der Waals surface area contributed by atoms with Crippen LogP contribution in [0, 0.1) is 0 Å². The predicted octanol–water partition coefficient (Wildman–Crippen LogP) is 2.69. The van der Waals surface area contributed by atoms with Crippen molar-refractivity contribution in [2.75, 3.05) is 5.32 Å². The number of nitrogens with zero attached hydrogens (tertiary/aromatic N) is 1. The zero-order valence-electron chi connectivity index (χ0n) is 15.7. The SMILES string of the molecule is CC(=O)c1ccc(NC(=O)/C(CC(=O)/C=C/c2ccccc2)=N/NC(N)=S)cc1. The van der Waals surface area contributed by atoms with Gasteiger partial charge in [-0.3, -0.25) is 19.8 Å². The van der Waals surface area contributed by atoms with Crippen LogP contribution in [0.5, 0.6) is 0 Å². The van der Waals surface area contributed by atoms with E-state index < -0.39 is 5.91 Å². The van der Waals surface area contributed by atoms with Gasteiger partial charge in [-0.2, -0.15) is 5.10 Å². The third kappa shape index (κ3) is 7.47. The fourth-order valence-electron chi connectivity index (χ4n) is 2.26. The molecular weight excluding hydrogens is 388 g/mol. The van der Waals surface area contributed by atoms with E-state index in [-0.39, 0.29) is 28.8 Å². The van der Waals surface area contributed by atoms with Crippen LogP contribution < -0.4 is 16.5 Å².